The lowest BCUT2D eigenvalue weighted by Crippen LogP contribution is -2.34. The van der Waals surface area contributed by atoms with E-state index in [0.717, 1.165) is 23.7 Å². The van der Waals surface area contributed by atoms with Gasteiger partial charge in [0.15, 0.2) is 0 Å². The van der Waals surface area contributed by atoms with Crippen molar-refractivity contribution >= 4 is 5.69 Å². The van der Waals surface area contributed by atoms with Crippen LogP contribution >= 0.6 is 0 Å². The highest BCUT2D eigenvalue weighted by molar-refractivity contribution is 5.55. The van der Waals surface area contributed by atoms with Crippen molar-refractivity contribution in [1.29, 1.82) is 0 Å². The Hall–Kier alpha value is -1.09. The second kappa shape index (κ2) is 6.57. The summed E-state index contributed by atoms with van der Waals surface area (Å²) >= 11 is 0. The molecule has 1 fully saturated rings. The number of anilines is 1. The van der Waals surface area contributed by atoms with E-state index in [-0.39, 0.29) is 5.82 Å². The van der Waals surface area contributed by atoms with Crippen molar-refractivity contribution in [3.63, 3.8) is 0 Å². The van der Waals surface area contributed by atoms with Crippen molar-refractivity contribution in [3.8, 4) is 0 Å². The van der Waals surface area contributed by atoms with Crippen molar-refractivity contribution in [2.75, 3.05) is 11.4 Å². The summed E-state index contributed by atoms with van der Waals surface area (Å²) in [6, 6.07) is 6.21. The molecule has 0 bridgehead atoms. The van der Waals surface area contributed by atoms with Gasteiger partial charge in [-0.3, -0.25) is 0 Å². The molecule has 112 valence electrons. The molecule has 20 heavy (non-hydrogen) atoms. The maximum absolute atomic E-state index is 14.2. The smallest absolute Gasteiger partial charge is 0.129 e. The predicted octanol–water partition coefficient (Wildman–Crippen LogP) is 3.95. The minimum absolute atomic E-state index is 0.0999. The van der Waals surface area contributed by atoms with Gasteiger partial charge in [-0.15, -0.1) is 0 Å². The van der Waals surface area contributed by atoms with Crippen LogP contribution in [0.5, 0.6) is 0 Å². The van der Waals surface area contributed by atoms with Crippen LogP contribution in [0.1, 0.15) is 46.1 Å². The zero-order valence-electron chi connectivity index (χ0n) is 13.1. The van der Waals surface area contributed by atoms with Crippen LogP contribution in [-0.2, 0) is 6.54 Å². The summed E-state index contributed by atoms with van der Waals surface area (Å²) in [6.45, 7) is 10.2. The van der Waals surface area contributed by atoms with Crippen molar-refractivity contribution in [1.82, 2.24) is 5.32 Å². The van der Waals surface area contributed by atoms with Crippen LogP contribution in [0, 0.1) is 11.7 Å². The summed E-state index contributed by atoms with van der Waals surface area (Å²) in [4.78, 5) is 2.36. The Bertz CT molecular complexity index is 439. The molecule has 1 aromatic rings. The Morgan fingerprint density at radius 2 is 1.95 bits per heavy atom. The molecule has 1 saturated carbocycles. The fraction of sp³-hybridized carbons (Fsp3) is 0.647. The molecule has 1 aromatic carbocycles. The largest absolute Gasteiger partial charge is 0.368 e. The van der Waals surface area contributed by atoms with Gasteiger partial charge >= 0.3 is 0 Å². The maximum Gasteiger partial charge on any atom is 0.129 e. The molecule has 0 saturated heterocycles. The van der Waals surface area contributed by atoms with Crippen LogP contribution in [-0.4, -0.2) is 18.6 Å². The first-order valence-corrected chi connectivity index (χ1v) is 7.76. The highest BCUT2D eigenvalue weighted by atomic mass is 19.1. The van der Waals surface area contributed by atoms with Gasteiger partial charge in [0.1, 0.15) is 5.82 Å². The first-order chi connectivity index (χ1) is 9.49. The second-order valence-electron chi connectivity index (χ2n) is 6.46. The van der Waals surface area contributed by atoms with Crippen LogP contribution in [0.15, 0.2) is 18.2 Å². The molecular formula is C17H27FN2. The molecule has 1 N–H and O–H groups in total. The molecule has 0 heterocycles. The van der Waals surface area contributed by atoms with Crippen LogP contribution in [0.2, 0.25) is 0 Å². The second-order valence-corrected chi connectivity index (χ2v) is 6.46. The van der Waals surface area contributed by atoms with Gasteiger partial charge in [-0.1, -0.05) is 19.9 Å². The van der Waals surface area contributed by atoms with Gasteiger partial charge in [-0.2, -0.15) is 0 Å². The first kappa shape index (κ1) is 15.3. The van der Waals surface area contributed by atoms with E-state index in [4.69, 9.17) is 0 Å². The third-order valence-electron chi connectivity index (χ3n) is 3.87. The summed E-state index contributed by atoms with van der Waals surface area (Å²) < 4.78 is 14.2. The zero-order valence-corrected chi connectivity index (χ0v) is 13.1. The number of hydrogen-bond donors (Lipinski definition) is 1. The number of hydrogen-bond acceptors (Lipinski definition) is 2. The van der Waals surface area contributed by atoms with Gasteiger partial charge in [0.2, 0.25) is 0 Å². The Balaban J connectivity index is 2.24. The lowest BCUT2D eigenvalue weighted by Gasteiger charge is -2.31. The SMILES string of the molecule is CC(C)NCc1c(F)cccc1N(CC1CC1)C(C)C. The van der Waals surface area contributed by atoms with Gasteiger partial charge in [0, 0.05) is 36.4 Å². The average Bonchev–Trinajstić information content (AvgIpc) is 3.17. The summed E-state index contributed by atoms with van der Waals surface area (Å²) in [6.07, 6.45) is 2.64. The van der Waals surface area contributed by atoms with Crippen molar-refractivity contribution < 1.29 is 4.39 Å². The summed E-state index contributed by atoms with van der Waals surface area (Å²) in [5.74, 6) is 0.698. The Morgan fingerprint density at radius 3 is 2.50 bits per heavy atom. The average molecular weight is 278 g/mol. The lowest BCUT2D eigenvalue weighted by atomic mass is 10.1. The fourth-order valence-electron chi connectivity index (χ4n) is 2.46. The quantitative estimate of drug-likeness (QED) is 0.812. The monoisotopic (exact) mass is 278 g/mol. The van der Waals surface area contributed by atoms with Gasteiger partial charge in [0.05, 0.1) is 0 Å². The van der Waals surface area contributed by atoms with E-state index in [1.54, 1.807) is 6.07 Å². The van der Waals surface area contributed by atoms with E-state index in [1.807, 2.05) is 6.07 Å². The van der Waals surface area contributed by atoms with Crippen molar-refractivity contribution in [3.05, 3.63) is 29.6 Å². The summed E-state index contributed by atoms with van der Waals surface area (Å²) in [5.41, 5.74) is 1.86. The Labute approximate surface area is 122 Å². The Morgan fingerprint density at radius 1 is 1.25 bits per heavy atom. The molecule has 2 nitrogen and oxygen atoms in total. The van der Waals surface area contributed by atoms with Crippen LogP contribution in [0.4, 0.5) is 10.1 Å². The molecule has 0 spiro atoms. The maximum atomic E-state index is 14.2. The third-order valence-corrected chi connectivity index (χ3v) is 3.87. The fourth-order valence-corrected chi connectivity index (χ4v) is 2.46. The molecule has 0 atom stereocenters. The van der Waals surface area contributed by atoms with Crippen molar-refractivity contribution in [2.24, 2.45) is 5.92 Å². The molecule has 0 radical (unpaired) electrons. The molecular weight excluding hydrogens is 251 g/mol. The minimum Gasteiger partial charge on any atom is -0.368 e. The molecule has 2 rings (SSSR count). The van der Waals surface area contributed by atoms with Crippen LogP contribution < -0.4 is 10.2 Å². The molecule has 1 aliphatic carbocycles. The van der Waals surface area contributed by atoms with Gasteiger partial charge in [-0.25, -0.2) is 4.39 Å². The first-order valence-electron chi connectivity index (χ1n) is 7.76. The van der Waals surface area contributed by atoms with Gasteiger partial charge < -0.3 is 10.2 Å². The minimum atomic E-state index is -0.0999. The van der Waals surface area contributed by atoms with Crippen molar-refractivity contribution in [2.45, 2.75) is 59.2 Å². The molecule has 0 aliphatic heterocycles. The van der Waals surface area contributed by atoms with E-state index in [2.05, 4.69) is 44.0 Å². The van der Waals surface area contributed by atoms with Gasteiger partial charge in [0.25, 0.3) is 0 Å². The molecule has 3 heteroatoms. The number of nitrogens with zero attached hydrogens (tertiary/aromatic N) is 1. The highest BCUT2D eigenvalue weighted by Gasteiger charge is 2.27. The van der Waals surface area contributed by atoms with Crippen LogP contribution in [0.25, 0.3) is 0 Å². The van der Waals surface area contributed by atoms with E-state index in [0.29, 0.717) is 18.6 Å². The molecule has 1 aliphatic rings. The van der Waals surface area contributed by atoms with E-state index in [1.165, 1.54) is 12.8 Å². The lowest BCUT2D eigenvalue weighted by molar-refractivity contribution is 0.547. The Kier molecular flexibility index (Phi) is 5.03. The summed E-state index contributed by atoms with van der Waals surface area (Å²) in [7, 11) is 0. The highest BCUT2D eigenvalue weighted by Crippen LogP contribution is 2.34. The third kappa shape index (κ3) is 3.95. The number of halogens is 1. The molecule has 0 unspecified atom stereocenters. The molecule has 0 amide bonds. The number of benzene rings is 1. The number of nitrogens with one attached hydrogen (secondary N) is 1. The van der Waals surface area contributed by atoms with E-state index < -0.39 is 0 Å². The van der Waals surface area contributed by atoms with Gasteiger partial charge in [-0.05, 0) is 44.7 Å². The summed E-state index contributed by atoms with van der Waals surface area (Å²) in [5, 5.41) is 3.34. The van der Waals surface area contributed by atoms with E-state index >= 15 is 0 Å². The zero-order chi connectivity index (χ0) is 14.7. The normalized spacial score (nSPS) is 15.2. The van der Waals surface area contributed by atoms with E-state index in [9.17, 15) is 4.39 Å². The molecule has 0 aromatic heterocycles. The topological polar surface area (TPSA) is 15.3 Å². The standard InChI is InChI=1S/C17H27FN2/c1-12(2)19-10-15-16(18)6-5-7-17(15)20(13(3)4)11-14-8-9-14/h5-7,12-14,19H,8-11H2,1-4H3. The number of rotatable bonds is 7. The predicted molar refractivity (Wildman–Crippen MR) is 83.6 cm³/mol. The van der Waals surface area contributed by atoms with Crippen LogP contribution in [0.3, 0.4) is 0 Å².